The predicted molar refractivity (Wildman–Crippen MR) is 203 cm³/mol. The number of amides is 1. The Morgan fingerprint density at radius 2 is 1.45 bits per heavy atom. The number of carboxylic acids is 1. The number of anilines is 2. The van der Waals surface area contributed by atoms with Crippen molar-refractivity contribution in [3.8, 4) is 28.0 Å². The molecule has 6 rings (SSSR count). The van der Waals surface area contributed by atoms with E-state index in [1.807, 2.05) is 43.3 Å². The van der Waals surface area contributed by atoms with Crippen molar-refractivity contribution in [1.29, 1.82) is 0 Å². The number of benzene rings is 5. The number of aromatic carboxylic acids is 1. The molecule has 0 spiro atoms. The quantitative estimate of drug-likeness (QED) is 0.158. The van der Waals surface area contributed by atoms with Gasteiger partial charge in [0.1, 0.15) is 12.4 Å². The average molecular weight is 721 g/mol. The van der Waals surface area contributed by atoms with E-state index >= 15 is 0 Å². The molecular formula is C44H43F3N2O4. The summed E-state index contributed by atoms with van der Waals surface area (Å²) in [6.07, 6.45) is -3.19. The van der Waals surface area contributed by atoms with E-state index < -0.39 is 17.7 Å². The van der Waals surface area contributed by atoms with E-state index in [1.165, 1.54) is 17.7 Å². The fourth-order valence-electron chi connectivity index (χ4n) is 6.69. The van der Waals surface area contributed by atoms with Crippen LogP contribution in [0.1, 0.15) is 66.2 Å². The molecule has 1 amide bonds. The van der Waals surface area contributed by atoms with Crippen molar-refractivity contribution in [2.75, 3.05) is 23.3 Å². The number of alkyl halides is 3. The molecule has 9 heteroatoms. The number of carboxylic acid groups (broad SMARTS) is 1. The minimum Gasteiger partial charge on any atom is -0.489 e. The van der Waals surface area contributed by atoms with Crippen molar-refractivity contribution >= 4 is 23.3 Å². The number of ether oxygens (including phenoxy) is 1. The van der Waals surface area contributed by atoms with Crippen molar-refractivity contribution in [3.63, 3.8) is 0 Å². The molecule has 0 aliphatic carbocycles. The molecular weight excluding hydrogens is 677 g/mol. The third-order valence-electron chi connectivity index (χ3n) is 9.77. The molecule has 0 radical (unpaired) electrons. The van der Waals surface area contributed by atoms with Crippen LogP contribution in [0.25, 0.3) is 22.3 Å². The summed E-state index contributed by atoms with van der Waals surface area (Å²) in [7, 11) is 0. The molecule has 1 aliphatic heterocycles. The maximum Gasteiger partial charge on any atom is 0.416 e. The topological polar surface area (TPSA) is 78.9 Å². The van der Waals surface area contributed by atoms with Gasteiger partial charge in [-0.3, -0.25) is 4.79 Å². The number of piperidine rings is 1. The van der Waals surface area contributed by atoms with Gasteiger partial charge in [-0.2, -0.15) is 13.2 Å². The van der Waals surface area contributed by atoms with Crippen LogP contribution in [0.5, 0.6) is 5.75 Å². The van der Waals surface area contributed by atoms with Gasteiger partial charge in [-0.05, 0) is 101 Å². The van der Waals surface area contributed by atoms with Gasteiger partial charge in [0.15, 0.2) is 0 Å². The van der Waals surface area contributed by atoms with Crippen molar-refractivity contribution < 1.29 is 32.6 Å². The van der Waals surface area contributed by atoms with E-state index in [0.29, 0.717) is 31.5 Å². The monoisotopic (exact) mass is 720 g/mol. The summed E-state index contributed by atoms with van der Waals surface area (Å²) in [4.78, 5) is 28.6. The van der Waals surface area contributed by atoms with Gasteiger partial charge >= 0.3 is 12.1 Å². The van der Waals surface area contributed by atoms with Crippen LogP contribution in [0.15, 0.2) is 109 Å². The van der Waals surface area contributed by atoms with Crippen molar-refractivity contribution in [1.82, 2.24) is 0 Å². The molecule has 0 bridgehead atoms. The second-order valence-corrected chi connectivity index (χ2v) is 14.7. The average Bonchev–Trinajstić information content (AvgIpc) is 3.13. The van der Waals surface area contributed by atoms with Gasteiger partial charge in [-0.25, -0.2) is 4.79 Å². The Kier molecular flexibility index (Phi) is 10.7. The molecule has 1 fully saturated rings. The smallest absolute Gasteiger partial charge is 0.416 e. The zero-order valence-corrected chi connectivity index (χ0v) is 30.3. The maximum atomic E-state index is 13.7. The highest BCUT2D eigenvalue weighted by Crippen LogP contribution is 2.38. The summed E-state index contributed by atoms with van der Waals surface area (Å²) in [5.41, 5.74) is 6.59. The molecule has 2 N–H and O–H groups in total. The van der Waals surface area contributed by atoms with Gasteiger partial charge in [0, 0.05) is 24.7 Å². The third kappa shape index (κ3) is 8.91. The Morgan fingerprint density at radius 3 is 2.08 bits per heavy atom. The molecule has 0 saturated carbocycles. The molecule has 5 aromatic rings. The lowest BCUT2D eigenvalue weighted by Crippen LogP contribution is -2.38. The maximum absolute atomic E-state index is 13.7. The Bertz CT molecular complexity index is 2090. The number of nitrogens with one attached hydrogen (secondary N) is 1. The fraction of sp³-hybridized carbons (Fsp3) is 0.273. The van der Waals surface area contributed by atoms with Crippen LogP contribution >= 0.6 is 0 Å². The number of halogens is 3. The molecule has 274 valence electrons. The first kappa shape index (κ1) is 37.2. The first-order valence-corrected chi connectivity index (χ1v) is 17.7. The Hall–Kier alpha value is -5.57. The first-order valence-electron chi connectivity index (χ1n) is 17.7. The Balaban J connectivity index is 1.22. The number of rotatable bonds is 9. The van der Waals surface area contributed by atoms with Crippen LogP contribution in [0.4, 0.5) is 24.5 Å². The van der Waals surface area contributed by atoms with Crippen LogP contribution in [0.2, 0.25) is 0 Å². The van der Waals surface area contributed by atoms with E-state index in [9.17, 15) is 27.9 Å². The summed E-state index contributed by atoms with van der Waals surface area (Å²) in [5.74, 6) is -1.54. The number of carbonyl (C=O) groups is 2. The molecule has 5 aromatic carbocycles. The number of carbonyl (C=O) groups excluding carboxylic acids is 1. The van der Waals surface area contributed by atoms with E-state index in [2.05, 4.69) is 55.3 Å². The molecule has 1 heterocycles. The lowest BCUT2D eigenvalue weighted by molar-refractivity contribution is -0.137. The highest BCUT2D eigenvalue weighted by atomic mass is 19.4. The highest BCUT2D eigenvalue weighted by Gasteiger charge is 2.31. The Morgan fingerprint density at radius 1 is 0.792 bits per heavy atom. The van der Waals surface area contributed by atoms with Crippen molar-refractivity contribution in [2.45, 2.75) is 58.7 Å². The summed E-state index contributed by atoms with van der Waals surface area (Å²) in [5, 5.41) is 13.3. The van der Waals surface area contributed by atoms with Gasteiger partial charge in [0.2, 0.25) is 5.91 Å². The minimum absolute atomic E-state index is 0.0296. The van der Waals surface area contributed by atoms with Gasteiger partial charge in [-0.1, -0.05) is 93.1 Å². The predicted octanol–water partition coefficient (Wildman–Crippen LogP) is 10.8. The van der Waals surface area contributed by atoms with Crippen LogP contribution in [0.3, 0.4) is 0 Å². The number of hydrogen-bond donors (Lipinski definition) is 2. The fourth-order valence-corrected chi connectivity index (χ4v) is 6.69. The molecule has 0 aromatic heterocycles. The van der Waals surface area contributed by atoms with Crippen molar-refractivity contribution in [2.24, 2.45) is 5.92 Å². The van der Waals surface area contributed by atoms with Crippen molar-refractivity contribution in [3.05, 3.63) is 137 Å². The zero-order chi connectivity index (χ0) is 37.9. The van der Waals surface area contributed by atoms with E-state index in [0.717, 1.165) is 45.6 Å². The van der Waals surface area contributed by atoms with Crippen LogP contribution in [0, 0.1) is 12.8 Å². The molecule has 53 heavy (non-hydrogen) atoms. The third-order valence-corrected chi connectivity index (χ3v) is 9.77. The summed E-state index contributed by atoms with van der Waals surface area (Å²) >= 11 is 0. The number of aryl methyl sites for hydroxylation is 1. The summed E-state index contributed by atoms with van der Waals surface area (Å²) in [6, 6.07) is 31.7. The van der Waals surface area contributed by atoms with E-state index in [-0.39, 0.29) is 40.8 Å². The molecule has 1 saturated heterocycles. The minimum atomic E-state index is -4.47. The number of hydrogen-bond acceptors (Lipinski definition) is 4. The molecule has 6 nitrogen and oxygen atoms in total. The lowest BCUT2D eigenvalue weighted by Gasteiger charge is -2.33. The van der Waals surface area contributed by atoms with Crippen LogP contribution in [-0.4, -0.2) is 30.1 Å². The van der Waals surface area contributed by atoms with E-state index in [1.54, 1.807) is 24.3 Å². The Labute approximate surface area is 308 Å². The SMILES string of the molecule is Cc1cccc(-c2cc(NC(=O)C3CCN(c4ccc(C(C)(C)C)cc4)CC3)c(C(=O)O)cc2-c2ccc(COc3cccc(C(F)(F)F)c3)cc2)c1. The van der Waals surface area contributed by atoms with Crippen LogP contribution in [-0.2, 0) is 23.0 Å². The van der Waals surface area contributed by atoms with Gasteiger partial charge < -0.3 is 20.1 Å². The highest BCUT2D eigenvalue weighted by molar-refractivity contribution is 6.04. The molecule has 0 unspecified atom stereocenters. The largest absolute Gasteiger partial charge is 0.489 e. The summed E-state index contributed by atoms with van der Waals surface area (Å²) < 4.78 is 45.1. The van der Waals surface area contributed by atoms with Gasteiger partial charge in [0.25, 0.3) is 0 Å². The van der Waals surface area contributed by atoms with E-state index in [4.69, 9.17) is 4.74 Å². The number of nitrogens with zero attached hydrogens (tertiary/aromatic N) is 1. The van der Waals surface area contributed by atoms with Crippen LogP contribution < -0.4 is 15.0 Å². The zero-order valence-electron chi connectivity index (χ0n) is 30.3. The second kappa shape index (κ2) is 15.2. The lowest BCUT2D eigenvalue weighted by atomic mass is 9.87. The molecule has 0 atom stereocenters. The van der Waals surface area contributed by atoms with Gasteiger partial charge in [-0.15, -0.1) is 0 Å². The standard InChI is InChI=1S/C44H43F3N2O4/c1-28-7-5-8-32(23-28)38-26-40(48-41(50)31-19-21-49(22-20-31)35-17-15-33(16-18-35)43(2,3)4)39(42(51)52)25-37(38)30-13-11-29(12-14-30)27-53-36-10-6-9-34(24-36)44(45,46)47/h5-18,23-26,31H,19-22,27H2,1-4H3,(H,48,50)(H,51,52). The molecule has 1 aliphatic rings. The normalized spacial score (nSPS) is 13.8. The van der Waals surface area contributed by atoms with Gasteiger partial charge in [0.05, 0.1) is 16.8 Å². The first-order chi connectivity index (χ1) is 25.2. The summed E-state index contributed by atoms with van der Waals surface area (Å²) in [6.45, 7) is 10.0. The second-order valence-electron chi connectivity index (χ2n) is 14.7.